The van der Waals surface area contributed by atoms with Crippen molar-refractivity contribution in [3.05, 3.63) is 30.5 Å². The average molecular weight is 401 g/mol. The fourth-order valence-electron chi connectivity index (χ4n) is 2.47. The molecule has 29 heavy (non-hydrogen) atoms. The summed E-state index contributed by atoms with van der Waals surface area (Å²) in [6.45, 7) is 10.4. The van der Waals surface area contributed by atoms with Gasteiger partial charge in [0, 0.05) is 17.3 Å². The van der Waals surface area contributed by atoms with Crippen LogP contribution in [-0.2, 0) is 14.3 Å². The van der Waals surface area contributed by atoms with Gasteiger partial charge in [0.05, 0.1) is 6.54 Å². The van der Waals surface area contributed by atoms with Crippen molar-refractivity contribution in [3.8, 4) is 0 Å². The first kappa shape index (κ1) is 22.1. The molecule has 8 heteroatoms. The van der Waals surface area contributed by atoms with Crippen LogP contribution < -0.4 is 10.2 Å². The van der Waals surface area contributed by atoms with E-state index in [0.717, 1.165) is 22.3 Å². The lowest BCUT2D eigenvalue weighted by Crippen LogP contribution is -2.44. The third kappa shape index (κ3) is 6.17. The SMILES string of the molecule is CC(C)(C)OC(=O)N(C(=O)OC(C)(C)C)c1nccc2cc(NCC=O)ccc12. The van der Waals surface area contributed by atoms with E-state index >= 15 is 0 Å². The summed E-state index contributed by atoms with van der Waals surface area (Å²) in [6.07, 6.45) is 0.488. The number of nitrogens with zero attached hydrogens (tertiary/aromatic N) is 2. The van der Waals surface area contributed by atoms with Crippen molar-refractivity contribution in [2.24, 2.45) is 0 Å². The standard InChI is InChI=1S/C21H27N3O5/c1-20(2,3)28-18(26)24(19(27)29-21(4,5)6)17-16-8-7-15(22-11-12-25)13-14(16)9-10-23-17/h7-10,12-13,22H,11H2,1-6H3. The molecule has 156 valence electrons. The predicted octanol–water partition coefficient (Wildman–Crippen LogP) is 4.52. The predicted molar refractivity (Wildman–Crippen MR) is 111 cm³/mol. The molecule has 2 aromatic rings. The Bertz CT molecular complexity index is 885. The molecule has 0 aliphatic heterocycles. The van der Waals surface area contributed by atoms with Crippen LogP contribution in [0.2, 0.25) is 0 Å². The molecule has 0 unspecified atom stereocenters. The van der Waals surface area contributed by atoms with Crippen molar-refractivity contribution in [2.75, 3.05) is 16.8 Å². The molecule has 0 atom stereocenters. The van der Waals surface area contributed by atoms with E-state index in [1.807, 2.05) is 0 Å². The molecule has 1 heterocycles. The molecule has 0 saturated heterocycles. The third-order valence-electron chi connectivity index (χ3n) is 3.50. The molecular weight excluding hydrogens is 374 g/mol. The number of benzene rings is 1. The minimum Gasteiger partial charge on any atom is -0.443 e. The summed E-state index contributed by atoms with van der Waals surface area (Å²) < 4.78 is 10.8. The number of carbonyl (C=O) groups excluding carboxylic acids is 3. The van der Waals surface area contributed by atoms with Crippen LogP contribution in [0, 0.1) is 0 Å². The topological polar surface area (TPSA) is 97.8 Å². The van der Waals surface area contributed by atoms with Gasteiger partial charge in [0.25, 0.3) is 0 Å². The Balaban J connectivity index is 2.54. The fraction of sp³-hybridized carbons (Fsp3) is 0.429. The van der Waals surface area contributed by atoms with E-state index in [2.05, 4.69) is 10.3 Å². The van der Waals surface area contributed by atoms with Crippen molar-refractivity contribution < 1.29 is 23.9 Å². The minimum absolute atomic E-state index is 0.105. The third-order valence-corrected chi connectivity index (χ3v) is 3.50. The largest absolute Gasteiger partial charge is 0.443 e. The highest BCUT2D eigenvalue weighted by Crippen LogP contribution is 2.29. The number of amides is 2. The molecule has 0 spiro atoms. The maximum absolute atomic E-state index is 12.9. The second-order valence-electron chi connectivity index (χ2n) is 8.41. The highest BCUT2D eigenvalue weighted by atomic mass is 16.6. The van der Waals surface area contributed by atoms with Crippen molar-refractivity contribution in [1.29, 1.82) is 0 Å². The van der Waals surface area contributed by atoms with Gasteiger partial charge in [0.15, 0.2) is 5.82 Å². The normalized spacial score (nSPS) is 11.7. The van der Waals surface area contributed by atoms with E-state index in [1.54, 1.807) is 65.8 Å². The van der Waals surface area contributed by atoms with E-state index in [4.69, 9.17) is 9.47 Å². The van der Waals surface area contributed by atoms with E-state index in [0.29, 0.717) is 5.39 Å². The zero-order chi connectivity index (χ0) is 21.8. The molecule has 2 rings (SSSR count). The second kappa shape index (κ2) is 8.46. The first-order valence-corrected chi connectivity index (χ1v) is 9.23. The molecule has 1 N–H and O–H groups in total. The summed E-state index contributed by atoms with van der Waals surface area (Å²) >= 11 is 0. The molecule has 2 amide bonds. The number of carbonyl (C=O) groups is 3. The van der Waals surface area contributed by atoms with Crippen LogP contribution in [0.5, 0.6) is 0 Å². The van der Waals surface area contributed by atoms with Crippen molar-refractivity contribution in [1.82, 2.24) is 4.98 Å². The summed E-state index contributed by atoms with van der Waals surface area (Å²) in [7, 11) is 0. The van der Waals surface area contributed by atoms with Gasteiger partial charge in [-0.25, -0.2) is 14.6 Å². The highest BCUT2D eigenvalue weighted by molar-refractivity contribution is 6.14. The molecule has 0 bridgehead atoms. The molecule has 0 fully saturated rings. The van der Waals surface area contributed by atoms with Gasteiger partial charge in [-0.2, -0.15) is 4.90 Å². The number of hydrogen-bond acceptors (Lipinski definition) is 7. The van der Waals surface area contributed by atoms with Gasteiger partial charge < -0.3 is 19.6 Å². The Hall–Kier alpha value is -3.16. The Kier molecular flexibility index (Phi) is 6.46. The summed E-state index contributed by atoms with van der Waals surface area (Å²) in [4.78, 5) is 41.3. The van der Waals surface area contributed by atoms with Crippen LogP contribution in [0.15, 0.2) is 30.5 Å². The van der Waals surface area contributed by atoms with Crippen LogP contribution in [0.4, 0.5) is 21.1 Å². The van der Waals surface area contributed by atoms with E-state index in [9.17, 15) is 14.4 Å². The van der Waals surface area contributed by atoms with Crippen molar-refractivity contribution in [2.45, 2.75) is 52.7 Å². The maximum Gasteiger partial charge on any atom is 0.425 e. The molecule has 0 saturated carbocycles. The summed E-state index contributed by atoms with van der Waals surface area (Å²) in [6, 6.07) is 6.99. The number of aldehydes is 1. The lowest BCUT2D eigenvalue weighted by molar-refractivity contribution is -0.106. The van der Waals surface area contributed by atoms with Gasteiger partial charge in [-0.1, -0.05) is 0 Å². The van der Waals surface area contributed by atoms with Crippen molar-refractivity contribution >= 4 is 40.8 Å². The lowest BCUT2D eigenvalue weighted by Gasteiger charge is -2.28. The Labute approximate surface area is 170 Å². The molecular formula is C21H27N3O5. The molecule has 1 aromatic heterocycles. The Morgan fingerprint density at radius 3 is 2.14 bits per heavy atom. The summed E-state index contributed by atoms with van der Waals surface area (Å²) in [5, 5.41) is 4.24. The molecule has 8 nitrogen and oxygen atoms in total. The first-order chi connectivity index (χ1) is 13.4. The number of pyridine rings is 1. The monoisotopic (exact) mass is 401 g/mol. The molecule has 0 aliphatic carbocycles. The number of aromatic nitrogens is 1. The van der Waals surface area contributed by atoms with Crippen LogP contribution >= 0.6 is 0 Å². The van der Waals surface area contributed by atoms with Crippen molar-refractivity contribution in [3.63, 3.8) is 0 Å². The van der Waals surface area contributed by atoms with Gasteiger partial charge in [0.1, 0.15) is 17.5 Å². The van der Waals surface area contributed by atoms with E-state index in [1.165, 1.54) is 6.20 Å². The van der Waals surface area contributed by atoms with Gasteiger partial charge in [-0.15, -0.1) is 0 Å². The van der Waals surface area contributed by atoms with Crippen LogP contribution in [0.1, 0.15) is 41.5 Å². The van der Waals surface area contributed by atoms with Crippen LogP contribution in [-0.4, -0.2) is 41.2 Å². The number of fused-ring (bicyclic) bond motifs is 1. The van der Waals surface area contributed by atoms with Crippen LogP contribution in [0.3, 0.4) is 0 Å². The quantitative estimate of drug-likeness (QED) is 0.752. The smallest absolute Gasteiger partial charge is 0.425 e. The van der Waals surface area contributed by atoms with Gasteiger partial charge in [-0.3, -0.25) is 0 Å². The number of nitrogens with one attached hydrogen (secondary N) is 1. The van der Waals surface area contributed by atoms with Crippen LogP contribution in [0.25, 0.3) is 10.8 Å². The Morgan fingerprint density at radius 1 is 1.03 bits per heavy atom. The molecule has 1 aromatic carbocycles. The number of ether oxygens (including phenoxy) is 2. The lowest BCUT2D eigenvalue weighted by atomic mass is 10.1. The van der Waals surface area contributed by atoms with Gasteiger partial charge >= 0.3 is 12.2 Å². The maximum atomic E-state index is 12.9. The summed E-state index contributed by atoms with van der Waals surface area (Å²) in [5.74, 6) is 0.105. The Morgan fingerprint density at radius 2 is 1.62 bits per heavy atom. The van der Waals surface area contributed by atoms with Gasteiger partial charge in [0.2, 0.25) is 0 Å². The zero-order valence-electron chi connectivity index (χ0n) is 17.6. The molecule has 0 radical (unpaired) electrons. The second-order valence-corrected chi connectivity index (χ2v) is 8.41. The van der Waals surface area contributed by atoms with E-state index in [-0.39, 0.29) is 12.4 Å². The van der Waals surface area contributed by atoms with E-state index < -0.39 is 23.4 Å². The number of imide groups is 1. The van der Waals surface area contributed by atoms with Gasteiger partial charge in [-0.05, 0) is 71.2 Å². The fourth-order valence-corrected chi connectivity index (χ4v) is 2.47. The first-order valence-electron chi connectivity index (χ1n) is 9.23. The highest BCUT2D eigenvalue weighted by Gasteiger charge is 2.34. The number of anilines is 2. The minimum atomic E-state index is -0.880. The number of rotatable bonds is 4. The molecule has 0 aliphatic rings. The number of hydrogen-bond donors (Lipinski definition) is 1. The zero-order valence-corrected chi connectivity index (χ0v) is 17.6. The average Bonchev–Trinajstić information content (AvgIpc) is 2.57. The summed E-state index contributed by atoms with van der Waals surface area (Å²) in [5.41, 5.74) is -0.898.